The van der Waals surface area contributed by atoms with Crippen LogP contribution in [0.4, 0.5) is 13.2 Å². The lowest BCUT2D eigenvalue weighted by Crippen LogP contribution is -2.10. The van der Waals surface area contributed by atoms with Gasteiger partial charge in [0.1, 0.15) is 5.78 Å². The Labute approximate surface area is 158 Å². The summed E-state index contributed by atoms with van der Waals surface area (Å²) in [5.74, 6) is 0.520. The highest BCUT2D eigenvalue weighted by atomic mass is 19.4. The van der Waals surface area contributed by atoms with E-state index in [-0.39, 0.29) is 18.1 Å². The molecule has 0 N–H and O–H groups in total. The van der Waals surface area contributed by atoms with Crippen LogP contribution in [-0.4, -0.2) is 16.9 Å². The first-order valence-electron chi connectivity index (χ1n) is 9.26. The number of carbonyl (C=O) groups excluding carboxylic acids is 1. The van der Waals surface area contributed by atoms with E-state index in [2.05, 4.69) is 31.0 Å². The number of Topliss-reactive ketones (excluding diaryl/α,β-unsaturated/α-hetero) is 1. The Bertz CT molecular complexity index is 734. The second-order valence-electron chi connectivity index (χ2n) is 7.42. The SMILES string of the molecule is CC(C)c1ccc(CC(=O)C[C@H](C)c2ccc(CCC(F)(F)F)cn2)cc1. The van der Waals surface area contributed by atoms with Gasteiger partial charge in [0, 0.05) is 37.1 Å². The third-order valence-electron chi connectivity index (χ3n) is 4.63. The fourth-order valence-electron chi connectivity index (χ4n) is 2.93. The fraction of sp³-hybridized carbons (Fsp3) is 0.455. The van der Waals surface area contributed by atoms with Crippen molar-refractivity contribution in [1.82, 2.24) is 4.98 Å². The van der Waals surface area contributed by atoms with Gasteiger partial charge < -0.3 is 0 Å². The van der Waals surface area contributed by atoms with Crippen LogP contribution in [0, 0.1) is 0 Å². The molecule has 27 heavy (non-hydrogen) atoms. The maximum Gasteiger partial charge on any atom is 0.389 e. The summed E-state index contributed by atoms with van der Waals surface area (Å²) in [7, 11) is 0. The second kappa shape index (κ2) is 9.16. The first-order chi connectivity index (χ1) is 12.6. The molecule has 0 aliphatic rings. The van der Waals surface area contributed by atoms with Crippen LogP contribution in [0.3, 0.4) is 0 Å². The van der Waals surface area contributed by atoms with Crippen LogP contribution in [0.1, 0.15) is 67.8 Å². The quantitative estimate of drug-likeness (QED) is 0.564. The molecule has 0 fully saturated rings. The van der Waals surface area contributed by atoms with Crippen molar-refractivity contribution < 1.29 is 18.0 Å². The maximum atomic E-state index is 12.3. The van der Waals surface area contributed by atoms with E-state index in [9.17, 15) is 18.0 Å². The highest BCUT2D eigenvalue weighted by molar-refractivity contribution is 5.81. The van der Waals surface area contributed by atoms with Crippen molar-refractivity contribution >= 4 is 5.78 Å². The van der Waals surface area contributed by atoms with Crippen molar-refractivity contribution in [1.29, 1.82) is 0 Å². The van der Waals surface area contributed by atoms with Crippen LogP contribution in [0.15, 0.2) is 42.6 Å². The average Bonchev–Trinajstić information content (AvgIpc) is 2.60. The molecule has 0 aliphatic carbocycles. The number of rotatable bonds is 8. The highest BCUT2D eigenvalue weighted by Crippen LogP contribution is 2.23. The van der Waals surface area contributed by atoms with E-state index >= 15 is 0 Å². The number of hydrogen-bond acceptors (Lipinski definition) is 2. The molecule has 0 saturated heterocycles. The van der Waals surface area contributed by atoms with Crippen molar-refractivity contribution in [2.75, 3.05) is 0 Å². The molecule has 1 atom stereocenters. The number of benzene rings is 1. The molecule has 146 valence electrons. The smallest absolute Gasteiger partial charge is 0.299 e. The van der Waals surface area contributed by atoms with Gasteiger partial charge in [-0.2, -0.15) is 13.2 Å². The Hall–Kier alpha value is -2.17. The largest absolute Gasteiger partial charge is 0.389 e. The Morgan fingerprint density at radius 1 is 1.00 bits per heavy atom. The van der Waals surface area contributed by atoms with Gasteiger partial charge in [-0.15, -0.1) is 0 Å². The minimum Gasteiger partial charge on any atom is -0.299 e. The third-order valence-corrected chi connectivity index (χ3v) is 4.63. The minimum absolute atomic E-state index is 0.0656. The number of pyridine rings is 1. The molecule has 1 aromatic heterocycles. The van der Waals surface area contributed by atoms with Crippen LogP contribution >= 0.6 is 0 Å². The zero-order valence-corrected chi connectivity index (χ0v) is 16.0. The molecule has 0 amide bonds. The third kappa shape index (κ3) is 7.16. The average molecular weight is 377 g/mol. The number of aryl methyl sites for hydroxylation is 1. The van der Waals surface area contributed by atoms with E-state index in [0.29, 0.717) is 24.3 Å². The summed E-state index contributed by atoms with van der Waals surface area (Å²) in [6, 6.07) is 11.5. The molecule has 2 rings (SSSR count). The van der Waals surface area contributed by atoms with Gasteiger partial charge in [-0.1, -0.05) is 51.1 Å². The predicted octanol–water partition coefficient (Wildman–Crippen LogP) is 6.01. The molecule has 2 aromatic rings. The standard InChI is InChI=1S/C22H26F3NO/c1-15(2)19-7-4-17(5-8-19)13-20(27)12-16(3)21-9-6-18(14-26-21)10-11-22(23,24)25/h4-9,14-16H,10-13H2,1-3H3/t16-/m0/s1. The van der Waals surface area contributed by atoms with E-state index in [1.807, 2.05) is 19.1 Å². The summed E-state index contributed by atoms with van der Waals surface area (Å²) in [4.78, 5) is 16.6. The van der Waals surface area contributed by atoms with Crippen molar-refractivity contribution in [2.45, 2.75) is 64.5 Å². The van der Waals surface area contributed by atoms with Gasteiger partial charge in [-0.25, -0.2) is 0 Å². The van der Waals surface area contributed by atoms with Gasteiger partial charge in [-0.3, -0.25) is 9.78 Å². The molecule has 0 unspecified atom stereocenters. The van der Waals surface area contributed by atoms with Crippen LogP contribution < -0.4 is 0 Å². The molecular formula is C22H26F3NO. The van der Waals surface area contributed by atoms with Crippen LogP contribution in [0.2, 0.25) is 0 Å². The summed E-state index contributed by atoms with van der Waals surface area (Å²) in [5.41, 5.74) is 3.52. The predicted molar refractivity (Wildman–Crippen MR) is 101 cm³/mol. The molecule has 0 bridgehead atoms. The van der Waals surface area contributed by atoms with Gasteiger partial charge in [0.05, 0.1) is 0 Å². The van der Waals surface area contributed by atoms with E-state index in [4.69, 9.17) is 0 Å². The number of ketones is 1. The first-order valence-corrected chi connectivity index (χ1v) is 9.26. The lowest BCUT2D eigenvalue weighted by molar-refractivity contribution is -0.134. The monoisotopic (exact) mass is 377 g/mol. The van der Waals surface area contributed by atoms with Crippen LogP contribution in [-0.2, 0) is 17.6 Å². The first kappa shape index (κ1) is 21.1. The molecule has 0 aliphatic heterocycles. The van der Waals surface area contributed by atoms with E-state index < -0.39 is 12.6 Å². The van der Waals surface area contributed by atoms with Gasteiger partial charge in [0.25, 0.3) is 0 Å². The van der Waals surface area contributed by atoms with Crippen molar-refractivity contribution in [2.24, 2.45) is 0 Å². The Balaban J connectivity index is 1.88. The topological polar surface area (TPSA) is 30.0 Å². The molecule has 0 radical (unpaired) electrons. The van der Waals surface area contributed by atoms with E-state index in [1.165, 1.54) is 11.8 Å². The van der Waals surface area contributed by atoms with Gasteiger partial charge >= 0.3 is 6.18 Å². The molecule has 2 nitrogen and oxygen atoms in total. The molecule has 1 aromatic carbocycles. The maximum absolute atomic E-state index is 12.3. The van der Waals surface area contributed by atoms with Crippen molar-refractivity contribution in [3.05, 3.63) is 65.0 Å². The van der Waals surface area contributed by atoms with Crippen molar-refractivity contribution in [3.8, 4) is 0 Å². The Morgan fingerprint density at radius 3 is 2.15 bits per heavy atom. The van der Waals surface area contributed by atoms with Crippen LogP contribution in [0.25, 0.3) is 0 Å². The number of hydrogen-bond donors (Lipinski definition) is 0. The highest BCUT2D eigenvalue weighted by Gasteiger charge is 2.26. The Morgan fingerprint density at radius 2 is 1.63 bits per heavy atom. The normalized spacial score (nSPS) is 13.0. The summed E-state index contributed by atoms with van der Waals surface area (Å²) in [5, 5.41) is 0. The summed E-state index contributed by atoms with van der Waals surface area (Å²) >= 11 is 0. The summed E-state index contributed by atoms with van der Waals surface area (Å²) in [6.45, 7) is 6.17. The number of halogens is 3. The van der Waals surface area contributed by atoms with E-state index in [1.54, 1.807) is 12.1 Å². The molecule has 1 heterocycles. The summed E-state index contributed by atoms with van der Waals surface area (Å²) < 4.78 is 36.8. The minimum atomic E-state index is -4.16. The zero-order valence-electron chi connectivity index (χ0n) is 16.0. The molecular weight excluding hydrogens is 351 g/mol. The molecule has 5 heteroatoms. The van der Waals surface area contributed by atoms with Gasteiger partial charge in [-0.05, 0) is 35.1 Å². The van der Waals surface area contributed by atoms with E-state index in [0.717, 1.165) is 11.3 Å². The van der Waals surface area contributed by atoms with Gasteiger partial charge in [0.2, 0.25) is 0 Å². The summed E-state index contributed by atoms with van der Waals surface area (Å²) in [6.07, 6.45) is -2.86. The number of nitrogens with zero attached hydrogens (tertiary/aromatic N) is 1. The molecule has 0 saturated carbocycles. The lowest BCUT2D eigenvalue weighted by Gasteiger charge is -2.12. The number of alkyl halides is 3. The number of aromatic nitrogens is 1. The second-order valence-corrected chi connectivity index (χ2v) is 7.42. The number of carbonyl (C=O) groups is 1. The zero-order chi connectivity index (χ0) is 20.0. The van der Waals surface area contributed by atoms with Gasteiger partial charge in [0.15, 0.2) is 0 Å². The fourth-order valence-corrected chi connectivity index (χ4v) is 2.93. The lowest BCUT2D eigenvalue weighted by atomic mass is 9.95. The molecule has 0 spiro atoms. The van der Waals surface area contributed by atoms with Crippen LogP contribution in [0.5, 0.6) is 0 Å². The van der Waals surface area contributed by atoms with Crippen molar-refractivity contribution in [3.63, 3.8) is 0 Å². The Kier molecular flexibility index (Phi) is 7.17.